The maximum atomic E-state index is 9.75. The van der Waals surface area contributed by atoms with Gasteiger partial charge in [-0.05, 0) is 124 Å². The number of aromatic hydroxyl groups is 1. The van der Waals surface area contributed by atoms with Gasteiger partial charge in [0.1, 0.15) is 11.5 Å². The highest BCUT2D eigenvalue weighted by molar-refractivity contribution is 7.80. The number of hydrogen-bond acceptors (Lipinski definition) is 5. The first-order valence-corrected chi connectivity index (χ1v) is 18.8. The van der Waals surface area contributed by atoms with Gasteiger partial charge in [-0.2, -0.15) is 0 Å². The number of nitrogens with zero attached hydrogens (tertiary/aromatic N) is 4. The van der Waals surface area contributed by atoms with Crippen molar-refractivity contribution in [3.8, 4) is 11.5 Å². The molecule has 3 aliphatic heterocycles. The molecule has 9 heteroatoms. The van der Waals surface area contributed by atoms with Crippen LogP contribution in [0.15, 0.2) is 48.5 Å². The summed E-state index contributed by atoms with van der Waals surface area (Å²) in [6, 6.07) is 17.8. The van der Waals surface area contributed by atoms with Crippen molar-refractivity contribution in [3.05, 3.63) is 59.7 Å². The van der Waals surface area contributed by atoms with E-state index in [9.17, 15) is 5.11 Å². The Morgan fingerprint density at radius 2 is 1.64 bits per heavy atom. The molecule has 0 aliphatic carbocycles. The number of thiocarbonyl (C=S) groups is 2. The van der Waals surface area contributed by atoms with Crippen LogP contribution in [0, 0.1) is 11.8 Å². The molecule has 3 fully saturated rings. The molecule has 3 aliphatic rings. The first kappa shape index (κ1) is 35.7. The van der Waals surface area contributed by atoms with Gasteiger partial charge in [0, 0.05) is 50.8 Å². The Balaban J connectivity index is 1.26. The van der Waals surface area contributed by atoms with Gasteiger partial charge in [-0.1, -0.05) is 52.0 Å². The third kappa shape index (κ3) is 9.51. The van der Waals surface area contributed by atoms with Gasteiger partial charge >= 0.3 is 0 Å². The summed E-state index contributed by atoms with van der Waals surface area (Å²) in [5, 5.41) is 15.1. The van der Waals surface area contributed by atoms with E-state index in [4.69, 9.17) is 29.2 Å². The van der Waals surface area contributed by atoms with Crippen LogP contribution < -0.4 is 10.1 Å². The van der Waals surface area contributed by atoms with Crippen molar-refractivity contribution >= 4 is 34.7 Å². The van der Waals surface area contributed by atoms with Crippen molar-refractivity contribution in [2.75, 3.05) is 45.9 Å². The topological polar surface area (TPSA) is 54.5 Å². The maximum absolute atomic E-state index is 9.75. The molecule has 4 atom stereocenters. The van der Waals surface area contributed by atoms with Crippen LogP contribution in [-0.4, -0.2) is 105 Å². The van der Waals surface area contributed by atoms with E-state index in [1.165, 1.54) is 24.0 Å². The molecular weight excluding hydrogens is 623 g/mol. The van der Waals surface area contributed by atoms with Gasteiger partial charge < -0.3 is 29.9 Å². The molecule has 0 radical (unpaired) electrons. The lowest BCUT2D eigenvalue weighted by Gasteiger charge is -2.38. The standard InChI is InChI=1S/C38H57N5O2S2/c1-6-45-36-15-11-29(12-16-36)17-19-41-34(21-28(4)5)26-43(38(41)47)33(20-27(2)3)24-40-18-7-8-31(40)25-42-32(23-39-37(42)46)22-30-9-13-35(44)14-10-30/h9-16,27-28,31-34,44H,6-8,17-26H2,1-5H3,(H,39,46)/t31-,32+,33+,34+/m1/s1. The van der Waals surface area contributed by atoms with E-state index in [0.717, 1.165) is 80.9 Å². The quantitative estimate of drug-likeness (QED) is 0.198. The lowest BCUT2D eigenvalue weighted by Crippen LogP contribution is -2.51. The van der Waals surface area contributed by atoms with Gasteiger partial charge in [-0.25, -0.2) is 0 Å². The molecule has 2 aromatic carbocycles. The molecule has 0 spiro atoms. The normalized spacial score (nSPS) is 22.6. The van der Waals surface area contributed by atoms with Crippen LogP contribution >= 0.6 is 24.4 Å². The summed E-state index contributed by atoms with van der Waals surface area (Å²) in [5.74, 6) is 2.46. The largest absolute Gasteiger partial charge is 0.508 e. The third-order valence-corrected chi connectivity index (χ3v) is 10.9. The van der Waals surface area contributed by atoms with Crippen molar-refractivity contribution in [1.82, 2.24) is 24.9 Å². The Kier molecular flexibility index (Phi) is 12.6. The molecule has 258 valence electrons. The average Bonchev–Trinajstić information content (AvgIpc) is 3.71. The van der Waals surface area contributed by atoms with E-state index in [2.05, 4.69) is 76.9 Å². The molecule has 0 unspecified atom stereocenters. The van der Waals surface area contributed by atoms with Crippen molar-refractivity contribution in [3.63, 3.8) is 0 Å². The minimum Gasteiger partial charge on any atom is -0.508 e. The molecule has 0 aromatic heterocycles. The highest BCUT2D eigenvalue weighted by Crippen LogP contribution is 2.30. The zero-order valence-electron chi connectivity index (χ0n) is 29.2. The van der Waals surface area contributed by atoms with Crippen LogP contribution in [0.5, 0.6) is 11.5 Å². The Hall–Kier alpha value is -2.62. The Morgan fingerprint density at radius 1 is 0.915 bits per heavy atom. The van der Waals surface area contributed by atoms with Crippen molar-refractivity contribution in [2.24, 2.45) is 11.8 Å². The lowest BCUT2D eigenvalue weighted by atomic mass is 10.00. The highest BCUT2D eigenvalue weighted by atomic mass is 32.1. The summed E-state index contributed by atoms with van der Waals surface area (Å²) in [4.78, 5) is 10.3. The Labute approximate surface area is 294 Å². The van der Waals surface area contributed by atoms with Gasteiger partial charge in [0.15, 0.2) is 10.2 Å². The second-order valence-electron chi connectivity index (χ2n) is 14.7. The van der Waals surface area contributed by atoms with E-state index in [0.29, 0.717) is 48.4 Å². The minimum absolute atomic E-state index is 0.312. The molecule has 5 rings (SSSR count). The summed E-state index contributed by atoms with van der Waals surface area (Å²) in [6.45, 7) is 18.1. The van der Waals surface area contributed by atoms with Crippen LogP contribution in [-0.2, 0) is 12.8 Å². The Morgan fingerprint density at radius 3 is 2.32 bits per heavy atom. The maximum Gasteiger partial charge on any atom is 0.172 e. The first-order chi connectivity index (χ1) is 22.6. The molecule has 2 aromatic rings. The molecule has 2 N–H and O–H groups in total. The number of benzene rings is 2. The Bertz CT molecular complexity index is 1300. The number of rotatable bonds is 16. The molecule has 0 bridgehead atoms. The molecule has 7 nitrogen and oxygen atoms in total. The number of ether oxygens (including phenoxy) is 1. The number of nitrogens with one attached hydrogen (secondary N) is 1. The molecule has 0 amide bonds. The van der Waals surface area contributed by atoms with Gasteiger partial charge in [-0.3, -0.25) is 4.90 Å². The van der Waals surface area contributed by atoms with Gasteiger partial charge in [0.05, 0.1) is 12.6 Å². The van der Waals surface area contributed by atoms with Crippen molar-refractivity contribution < 1.29 is 9.84 Å². The van der Waals surface area contributed by atoms with E-state index in [-0.39, 0.29) is 0 Å². The zero-order valence-corrected chi connectivity index (χ0v) is 30.9. The monoisotopic (exact) mass is 679 g/mol. The second-order valence-corrected chi connectivity index (χ2v) is 15.4. The van der Waals surface area contributed by atoms with Gasteiger partial charge in [0.25, 0.3) is 0 Å². The summed E-state index contributed by atoms with van der Waals surface area (Å²) in [5.41, 5.74) is 2.56. The van der Waals surface area contributed by atoms with Crippen LogP contribution in [0.1, 0.15) is 71.4 Å². The number of phenolic OH excluding ortho intramolecular Hbond substituents is 1. The van der Waals surface area contributed by atoms with Crippen LogP contribution in [0.4, 0.5) is 0 Å². The zero-order chi connectivity index (χ0) is 33.5. The molecular formula is C38H57N5O2S2. The number of likely N-dealkylation sites (tertiary alicyclic amines) is 1. The predicted octanol–water partition coefficient (Wildman–Crippen LogP) is 6.33. The first-order valence-electron chi connectivity index (χ1n) is 18.0. The van der Waals surface area contributed by atoms with Crippen LogP contribution in [0.3, 0.4) is 0 Å². The lowest BCUT2D eigenvalue weighted by molar-refractivity contribution is 0.149. The minimum atomic E-state index is 0.312. The number of phenols is 1. The summed E-state index contributed by atoms with van der Waals surface area (Å²) in [6.07, 6.45) is 6.62. The van der Waals surface area contributed by atoms with E-state index in [1.54, 1.807) is 12.1 Å². The fraction of sp³-hybridized carbons (Fsp3) is 0.632. The van der Waals surface area contributed by atoms with Crippen molar-refractivity contribution in [1.29, 1.82) is 0 Å². The summed E-state index contributed by atoms with van der Waals surface area (Å²) in [7, 11) is 0. The van der Waals surface area contributed by atoms with E-state index >= 15 is 0 Å². The molecule has 3 saturated heterocycles. The molecule has 47 heavy (non-hydrogen) atoms. The average molecular weight is 680 g/mol. The smallest absolute Gasteiger partial charge is 0.172 e. The fourth-order valence-corrected chi connectivity index (χ4v) is 8.58. The molecule has 0 saturated carbocycles. The molecule has 3 heterocycles. The SMILES string of the molecule is CCOc1ccc(CCN2C(=S)N([C@@H](CC(C)C)CN3CCC[C@@H]3CN3C(=S)NC[C@@H]3Cc3ccc(O)cc3)C[C@@H]2CC(C)C)cc1. The van der Waals surface area contributed by atoms with Crippen LogP contribution in [0.25, 0.3) is 0 Å². The predicted molar refractivity (Wildman–Crippen MR) is 201 cm³/mol. The summed E-state index contributed by atoms with van der Waals surface area (Å²) < 4.78 is 5.66. The fourth-order valence-electron chi connectivity index (χ4n) is 7.81. The van der Waals surface area contributed by atoms with Gasteiger partial charge in [-0.15, -0.1) is 0 Å². The second kappa shape index (κ2) is 16.7. The number of hydrogen-bond donors (Lipinski definition) is 2. The van der Waals surface area contributed by atoms with E-state index < -0.39 is 0 Å². The summed E-state index contributed by atoms with van der Waals surface area (Å²) >= 11 is 12.2. The third-order valence-electron chi connectivity index (χ3n) is 10.1. The van der Waals surface area contributed by atoms with Crippen molar-refractivity contribution in [2.45, 2.75) is 97.3 Å². The highest BCUT2D eigenvalue weighted by Gasteiger charge is 2.40. The van der Waals surface area contributed by atoms with Gasteiger partial charge in [0.2, 0.25) is 0 Å². The van der Waals surface area contributed by atoms with E-state index in [1.807, 2.05) is 19.1 Å². The van der Waals surface area contributed by atoms with Crippen LogP contribution in [0.2, 0.25) is 0 Å².